The molecule has 0 heterocycles. The van der Waals surface area contributed by atoms with E-state index in [9.17, 15) is 23.1 Å². The SMILES string of the molecule is CC#C[C@]1(O)CC[C@H]2[C@@H]3CCC4=CC(=O)CCC4=C3[C@@H](c3ccc(N(C)C)cc3)C[C@@]21C.COCCCC/C(=N\OCCN)c1ccc(C(F)(F)F)cc1. The number of ketones is 1. The normalized spacial score (nSPS) is 26.3. The lowest BCUT2D eigenvalue weighted by Gasteiger charge is -2.53. The number of benzene rings is 2. The number of halogens is 3. The topological polar surface area (TPSA) is 97.4 Å². The van der Waals surface area contributed by atoms with Crippen molar-refractivity contribution in [3.8, 4) is 11.8 Å². The van der Waals surface area contributed by atoms with Crippen molar-refractivity contribution in [2.24, 2.45) is 28.1 Å². The number of anilines is 1. The van der Waals surface area contributed by atoms with Crippen molar-refractivity contribution in [1.82, 2.24) is 0 Å². The van der Waals surface area contributed by atoms with Gasteiger partial charge in [0, 0.05) is 57.8 Å². The lowest BCUT2D eigenvalue weighted by atomic mass is 9.51. The zero-order chi connectivity index (χ0) is 39.1. The molecule has 54 heavy (non-hydrogen) atoms. The second-order valence-electron chi connectivity index (χ2n) is 15.4. The van der Waals surface area contributed by atoms with Gasteiger partial charge in [0.15, 0.2) is 5.78 Å². The molecule has 0 unspecified atom stereocenters. The molecule has 2 aromatic carbocycles. The lowest BCUT2D eigenvalue weighted by molar-refractivity contribution is -0.137. The molecule has 0 bridgehead atoms. The smallest absolute Gasteiger partial charge is 0.394 e. The molecule has 0 radical (unpaired) electrons. The molecule has 0 aromatic heterocycles. The van der Waals surface area contributed by atoms with Crippen LogP contribution in [0, 0.1) is 29.1 Å². The molecule has 2 saturated carbocycles. The van der Waals surface area contributed by atoms with E-state index >= 15 is 0 Å². The summed E-state index contributed by atoms with van der Waals surface area (Å²) in [6.45, 7) is 5.37. The van der Waals surface area contributed by atoms with Gasteiger partial charge in [0.05, 0.1) is 11.3 Å². The van der Waals surface area contributed by atoms with Gasteiger partial charge in [0.2, 0.25) is 0 Å². The number of alkyl halides is 3. The molecule has 2 fully saturated rings. The highest BCUT2D eigenvalue weighted by molar-refractivity contribution is 6.00. The van der Waals surface area contributed by atoms with E-state index in [1.807, 2.05) is 13.0 Å². The molecule has 2 aromatic rings. The van der Waals surface area contributed by atoms with Gasteiger partial charge >= 0.3 is 6.18 Å². The largest absolute Gasteiger partial charge is 0.416 e. The molecule has 4 aliphatic carbocycles. The Morgan fingerprint density at radius 2 is 1.76 bits per heavy atom. The summed E-state index contributed by atoms with van der Waals surface area (Å²) in [4.78, 5) is 19.4. The Hall–Kier alpha value is -3.91. The Morgan fingerprint density at radius 3 is 2.39 bits per heavy atom. The van der Waals surface area contributed by atoms with E-state index in [0.29, 0.717) is 49.1 Å². The van der Waals surface area contributed by atoms with E-state index < -0.39 is 17.3 Å². The van der Waals surface area contributed by atoms with Crippen LogP contribution in [-0.4, -0.2) is 63.2 Å². The molecule has 7 nitrogen and oxygen atoms in total. The summed E-state index contributed by atoms with van der Waals surface area (Å²) in [5.74, 6) is 7.76. The Bertz CT molecular complexity index is 1770. The van der Waals surface area contributed by atoms with Crippen molar-refractivity contribution < 1.29 is 32.6 Å². The van der Waals surface area contributed by atoms with Crippen LogP contribution in [-0.2, 0) is 20.5 Å². The average molecular weight is 748 g/mol. The monoisotopic (exact) mass is 747 g/mol. The molecule has 0 saturated heterocycles. The van der Waals surface area contributed by atoms with Crippen LogP contribution in [0.2, 0.25) is 0 Å². The average Bonchev–Trinajstić information content (AvgIpc) is 3.41. The minimum Gasteiger partial charge on any atom is -0.394 e. The van der Waals surface area contributed by atoms with Gasteiger partial charge in [-0.1, -0.05) is 47.8 Å². The van der Waals surface area contributed by atoms with Crippen LogP contribution in [0.15, 0.2) is 76.5 Å². The Labute approximate surface area is 318 Å². The summed E-state index contributed by atoms with van der Waals surface area (Å²) >= 11 is 0. The third-order valence-corrected chi connectivity index (χ3v) is 12.0. The molecular formula is C44H56F3N3O4. The number of oxime groups is 1. The quantitative estimate of drug-likeness (QED) is 0.104. The number of unbranched alkanes of at least 4 members (excludes halogenated alkanes) is 1. The highest BCUT2D eigenvalue weighted by Crippen LogP contribution is 2.66. The number of allylic oxidation sites excluding steroid dienone is 4. The molecule has 0 aliphatic heterocycles. The second-order valence-corrected chi connectivity index (χ2v) is 15.4. The number of aliphatic hydroxyl groups is 1. The zero-order valence-corrected chi connectivity index (χ0v) is 32.4. The number of carbonyl (C=O) groups is 1. The van der Waals surface area contributed by atoms with Gasteiger partial charge in [0.1, 0.15) is 12.2 Å². The Morgan fingerprint density at radius 1 is 1.04 bits per heavy atom. The summed E-state index contributed by atoms with van der Waals surface area (Å²) in [7, 11) is 5.76. The fourth-order valence-electron chi connectivity index (χ4n) is 9.19. The van der Waals surface area contributed by atoms with Crippen LogP contribution in [0.25, 0.3) is 0 Å². The Balaban J connectivity index is 0.000000225. The van der Waals surface area contributed by atoms with Gasteiger partial charge in [-0.2, -0.15) is 13.2 Å². The summed E-state index contributed by atoms with van der Waals surface area (Å²) in [6, 6.07) is 13.9. The summed E-state index contributed by atoms with van der Waals surface area (Å²) in [5.41, 5.74) is 11.6. The molecule has 6 rings (SSSR count). The third-order valence-electron chi connectivity index (χ3n) is 12.0. The maximum Gasteiger partial charge on any atom is 0.416 e. The van der Waals surface area contributed by atoms with E-state index in [-0.39, 0.29) is 23.7 Å². The molecule has 0 amide bonds. The zero-order valence-electron chi connectivity index (χ0n) is 32.4. The van der Waals surface area contributed by atoms with Gasteiger partial charge in [0.25, 0.3) is 0 Å². The fraction of sp³-hybridized carbons (Fsp3) is 0.545. The highest BCUT2D eigenvalue weighted by Gasteiger charge is 2.62. The first-order chi connectivity index (χ1) is 25.8. The summed E-state index contributed by atoms with van der Waals surface area (Å²) < 4.78 is 42.7. The maximum atomic E-state index is 12.6. The van der Waals surface area contributed by atoms with Crippen molar-refractivity contribution in [3.63, 3.8) is 0 Å². The molecule has 3 N–H and O–H groups in total. The van der Waals surface area contributed by atoms with Crippen molar-refractivity contribution >= 4 is 17.2 Å². The number of methoxy groups -OCH3 is 1. The van der Waals surface area contributed by atoms with Gasteiger partial charge < -0.3 is 25.3 Å². The predicted molar refractivity (Wildman–Crippen MR) is 208 cm³/mol. The minimum atomic E-state index is -4.34. The minimum absolute atomic E-state index is 0.221. The van der Waals surface area contributed by atoms with E-state index in [2.05, 4.69) is 67.2 Å². The second kappa shape index (κ2) is 17.7. The standard InChI is InChI=1S/C29H35NO2.C15H21F3N2O2/c1-5-15-29(32)16-14-26-24-12-8-20-17-22(31)11-13-23(20)27(24)25(18-28(26,29)2)19-6-9-21(10-7-19)30(3)4;1-21-10-3-2-4-14(20-22-11-9-19)12-5-7-13(8-6-12)15(16,17)18/h6-7,9-10,17,24-26,32H,8,11-14,16,18H2,1-4H3;5-8H,2-4,9-11,19H2,1H3/b;20-14+/t24-,25+,26-,28-,29-;/m0./s1. The molecule has 5 atom stereocenters. The molecular weight excluding hydrogens is 691 g/mol. The van der Waals surface area contributed by atoms with Crippen molar-refractivity contribution in [2.45, 2.75) is 95.8 Å². The molecule has 0 spiro atoms. The van der Waals surface area contributed by atoms with Gasteiger partial charge in [-0.25, -0.2) is 0 Å². The first kappa shape index (κ1) is 41.3. The first-order valence-corrected chi connectivity index (χ1v) is 19.2. The van der Waals surface area contributed by atoms with E-state index in [4.69, 9.17) is 15.3 Å². The summed E-state index contributed by atoms with van der Waals surface area (Å²) in [5, 5.41) is 15.7. The van der Waals surface area contributed by atoms with Crippen LogP contribution in [0.3, 0.4) is 0 Å². The fourth-order valence-corrected chi connectivity index (χ4v) is 9.19. The highest BCUT2D eigenvalue weighted by atomic mass is 19.4. The van der Waals surface area contributed by atoms with E-state index in [1.165, 1.54) is 34.5 Å². The van der Waals surface area contributed by atoms with Crippen LogP contribution in [0.5, 0.6) is 0 Å². The van der Waals surface area contributed by atoms with Gasteiger partial charge in [-0.3, -0.25) is 4.79 Å². The van der Waals surface area contributed by atoms with E-state index in [1.54, 1.807) is 12.7 Å². The van der Waals surface area contributed by atoms with Crippen molar-refractivity contribution in [1.29, 1.82) is 0 Å². The third kappa shape index (κ3) is 8.96. The molecule has 10 heteroatoms. The number of nitrogens with zero attached hydrogens (tertiary/aromatic N) is 2. The number of hydrogen-bond donors (Lipinski definition) is 2. The van der Waals surface area contributed by atoms with Crippen LogP contribution in [0.1, 0.15) is 101 Å². The number of hydrogen-bond acceptors (Lipinski definition) is 7. The predicted octanol–water partition coefficient (Wildman–Crippen LogP) is 8.61. The number of ether oxygens (including phenoxy) is 1. The van der Waals surface area contributed by atoms with Gasteiger partial charge in [-0.15, -0.1) is 5.92 Å². The maximum absolute atomic E-state index is 12.6. The van der Waals surface area contributed by atoms with Crippen LogP contribution < -0.4 is 10.6 Å². The lowest BCUT2D eigenvalue weighted by Crippen LogP contribution is -2.51. The Kier molecular flexibility index (Phi) is 13.5. The van der Waals surface area contributed by atoms with Crippen molar-refractivity contribution in [3.05, 3.63) is 88.0 Å². The van der Waals surface area contributed by atoms with Crippen LogP contribution >= 0.6 is 0 Å². The molecule has 4 aliphatic rings. The van der Waals surface area contributed by atoms with Gasteiger partial charge in [-0.05, 0) is 129 Å². The number of carbonyl (C=O) groups excluding carboxylic acids is 1. The molecule has 292 valence electrons. The number of rotatable bonds is 11. The number of fused-ring (bicyclic) bond motifs is 4. The summed E-state index contributed by atoms with van der Waals surface area (Å²) in [6.07, 6.45) is 6.13. The van der Waals surface area contributed by atoms with Crippen LogP contribution in [0.4, 0.5) is 18.9 Å². The van der Waals surface area contributed by atoms with E-state index in [0.717, 1.165) is 63.5 Å². The number of nitrogens with two attached hydrogens (primary N) is 1. The van der Waals surface area contributed by atoms with Crippen molar-refractivity contribution in [2.75, 3.05) is 45.9 Å². The first-order valence-electron chi connectivity index (χ1n) is 19.2.